The van der Waals surface area contributed by atoms with Gasteiger partial charge in [-0.2, -0.15) is 0 Å². The Kier molecular flexibility index (Phi) is 5.92. The van der Waals surface area contributed by atoms with E-state index in [1.165, 1.54) is 6.07 Å². The van der Waals surface area contributed by atoms with Gasteiger partial charge in [0.1, 0.15) is 0 Å². The van der Waals surface area contributed by atoms with Gasteiger partial charge in [-0.1, -0.05) is 30.1 Å². The van der Waals surface area contributed by atoms with Crippen LogP contribution in [0.2, 0.25) is 10.0 Å². The van der Waals surface area contributed by atoms with Gasteiger partial charge in [0.2, 0.25) is 0 Å². The highest BCUT2D eigenvalue weighted by molar-refractivity contribution is 6.36. The molecule has 0 heterocycles. The van der Waals surface area contributed by atoms with Gasteiger partial charge in [-0.3, -0.25) is 4.79 Å². The summed E-state index contributed by atoms with van der Waals surface area (Å²) in [5, 5.41) is 14.6. The zero-order chi connectivity index (χ0) is 14.4. The van der Waals surface area contributed by atoms with Crippen LogP contribution in [0.4, 0.5) is 10.5 Å². The van der Waals surface area contributed by atoms with Crippen molar-refractivity contribution in [2.24, 2.45) is 0 Å². The molecule has 0 spiro atoms. The summed E-state index contributed by atoms with van der Waals surface area (Å²) in [7, 11) is 0. The van der Waals surface area contributed by atoms with Crippen LogP contribution in [0.1, 0.15) is 19.8 Å². The van der Waals surface area contributed by atoms with Crippen molar-refractivity contribution >= 4 is 40.9 Å². The van der Waals surface area contributed by atoms with Crippen LogP contribution in [0.5, 0.6) is 0 Å². The molecule has 104 valence electrons. The largest absolute Gasteiger partial charge is 0.481 e. The van der Waals surface area contributed by atoms with Gasteiger partial charge in [-0.05, 0) is 24.6 Å². The van der Waals surface area contributed by atoms with Gasteiger partial charge in [0.25, 0.3) is 0 Å². The van der Waals surface area contributed by atoms with Crippen LogP contribution in [-0.4, -0.2) is 23.1 Å². The fraction of sp³-hybridized carbons (Fsp3) is 0.333. The summed E-state index contributed by atoms with van der Waals surface area (Å²) in [6.07, 6.45) is 0.395. The molecular formula is C12H14Cl2N2O3. The second-order valence-electron chi connectivity index (χ2n) is 3.93. The normalized spacial score (nSPS) is 11.7. The first-order valence-corrected chi connectivity index (χ1v) is 6.42. The number of halogens is 2. The number of anilines is 1. The van der Waals surface area contributed by atoms with E-state index in [-0.39, 0.29) is 6.42 Å². The molecule has 19 heavy (non-hydrogen) atoms. The van der Waals surface area contributed by atoms with Crippen LogP contribution < -0.4 is 10.6 Å². The van der Waals surface area contributed by atoms with E-state index in [9.17, 15) is 9.59 Å². The lowest BCUT2D eigenvalue weighted by molar-refractivity contribution is -0.137. The molecule has 1 aromatic carbocycles. The van der Waals surface area contributed by atoms with E-state index in [2.05, 4.69) is 10.6 Å². The first-order valence-electron chi connectivity index (χ1n) is 5.66. The Morgan fingerprint density at radius 3 is 2.58 bits per heavy atom. The Morgan fingerprint density at radius 1 is 1.37 bits per heavy atom. The Bertz CT molecular complexity index is 480. The summed E-state index contributed by atoms with van der Waals surface area (Å²) in [4.78, 5) is 22.3. The maximum Gasteiger partial charge on any atom is 0.319 e. The number of hydrogen-bond acceptors (Lipinski definition) is 2. The number of urea groups is 1. The van der Waals surface area contributed by atoms with Gasteiger partial charge < -0.3 is 15.7 Å². The number of rotatable bonds is 5. The van der Waals surface area contributed by atoms with Crippen molar-refractivity contribution in [2.45, 2.75) is 25.8 Å². The van der Waals surface area contributed by atoms with Crippen molar-refractivity contribution < 1.29 is 14.7 Å². The molecule has 7 heteroatoms. The molecule has 1 unspecified atom stereocenters. The predicted octanol–water partition coefficient (Wildman–Crippen LogP) is 3.37. The van der Waals surface area contributed by atoms with Crippen LogP contribution in [0.3, 0.4) is 0 Å². The third-order valence-corrected chi connectivity index (χ3v) is 2.98. The SMILES string of the molecule is CCC(CC(=O)O)NC(=O)Nc1ccc(Cl)cc1Cl. The van der Waals surface area contributed by atoms with Gasteiger partial charge in [0.15, 0.2) is 0 Å². The summed E-state index contributed by atoms with van der Waals surface area (Å²) >= 11 is 11.6. The van der Waals surface area contributed by atoms with Crippen molar-refractivity contribution in [1.82, 2.24) is 5.32 Å². The lowest BCUT2D eigenvalue weighted by Crippen LogP contribution is -2.38. The second kappa shape index (κ2) is 7.21. The van der Waals surface area contributed by atoms with Crippen LogP contribution in [0.15, 0.2) is 18.2 Å². The van der Waals surface area contributed by atoms with Crippen LogP contribution >= 0.6 is 23.2 Å². The van der Waals surface area contributed by atoms with E-state index < -0.39 is 18.0 Å². The lowest BCUT2D eigenvalue weighted by Gasteiger charge is -2.16. The third kappa shape index (κ3) is 5.36. The number of carbonyl (C=O) groups is 2. The molecule has 2 amide bonds. The third-order valence-electron chi connectivity index (χ3n) is 2.43. The number of carboxylic acid groups (broad SMARTS) is 1. The maximum atomic E-state index is 11.7. The van der Waals surface area contributed by atoms with Gasteiger partial charge in [0, 0.05) is 11.1 Å². The van der Waals surface area contributed by atoms with Crippen LogP contribution in [0, 0.1) is 0 Å². The number of hydrogen-bond donors (Lipinski definition) is 3. The Balaban J connectivity index is 2.61. The summed E-state index contributed by atoms with van der Waals surface area (Å²) in [5.74, 6) is -0.961. The number of amides is 2. The van der Waals surface area contributed by atoms with Crippen LogP contribution in [0.25, 0.3) is 0 Å². The topological polar surface area (TPSA) is 78.4 Å². The maximum absolute atomic E-state index is 11.7. The molecule has 0 fully saturated rings. The van der Waals surface area contributed by atoms with Crippen molar-refractivity contribution in [3.8, 4) is 0 Å². The molecule has 1 aromatic rings. The van der Waals surface area contributed by atoms with E-state index in [4.69, 9.17) is 28.3 Å². The van der Waals surface area contributed by atoms with Crippen LogP contribution in [-0.2, 0) is 4.79 Å². The monoisotopic (exact) mass is 304 g/mol. The fourth-order valence-electron chi connectivity index (χ4n) is 1.44. The van der Waals surface area contributed by atoms with Crippen molar-refractivity contribution in [2.75, 3.05) is 5.32 Å². The molecule has 0 aliphatic carbocycles. The first-order chi connectivity index (χ1) is 8.92. The Labute approximate surface area is 120 Å². The highest BCUT2D eigenvalue weighted by atomic mass is 35.5. The van der Waals surface area contributed by atoms with Crippen molar-refractivity contribution in [3.05, 3.63) is 28.2 Å². The average Bonchev–Trinajstić information content (AvgIpc) is 2.31. The highest BCUT2D eigenvalue weighted by Gasteiger charge is 2.14. The zero-order valence-electron chi connectivity index (χ0n) is 10.2. The van der Waals surface area contributed by atoms with Gasteiger partial charge in [0.05, 0.1) is 17.1 Å². The molecule has 0 aromatic heterocycles. The summed E-state index contributed by atoms with van der Waals surface area (Å²) in [6, 6.07) is 3.74. The number of carbonyl (C=O) groups excluding carboxylic acids is 1. The highest BCUT2D eigenvalue weighted by Crippen LogP contribution is 2.25. The van der Waals surface area contributed by atoms with Crippen molar-refractivity contribution in [1.29, 1.82) is 0 Å². The molecule has 0 aliphatic heterocycles. The molecule has 3 N–H and O–H groups in total. The summed E-state index contributed by atoms with van der Waals surface area (Å²) < 4.78 is 0. The minimum Gasteiger partial charge on any atom is -0.481 e. The standard InChI is InChI=1S/C12H14Cl2N2O3/c1-2-8(6-11(17)18)15-12(19)16-10-4-3-7(13)5-9(10)14/h3-5,8H,2,6H2,1H3,(H,17,18)(H2,15,16,19). The van der Waals surface area contributed by atoms with Gasteiger partial charge in [-0.25, -0.2) is 4.79 Å². The smallest absolute Gasteiger partial charge is 0.319 e. The molecule has 0 saturated carbocycles. The average molecular weight is 305 g/mol. The number of benzene rings is 1. The number of aliphatic carboxylic acids is 1. The van der Waals surface area contributed by atoms with E-state index in [1.807, 2.05) is 0 Å². The summed E-state index contributed by atoms with van der Waals surface area (Å²) in [6.45, 7) is 1.79. The first kappa shape index (κ1) is 15.6. The minimum atomic E-state index is -0.961. The fourth-order valence-corrected chi connectivity index (χ4v) is 1.90. The number of nitrogens with one attached hydrogen (secondary N) is 2. The van der Waals surface area contributed by atoms with Crippen molar-refractivity contribution in [3.63, 3.8) is 0 Å². The molecule has 1 atom stereocenters. The van der Waals surface area contributed by atoms with E-state index >= 15 is 0 Å². The Hall–Kier alpha value is -1.46. The quantitative estimate of drug-likeness (QED) is 0.780. The van der Waals surface area contributed by atoms with E-state index in [0.29, 0.717) is 22.2 Å². The molecule has 0 radical (unpaired) electrons. The second-order valence-corrected chi connectivity index (χ2v) is 4.77. The molecule has 5 nitrogen and oxygen atoms in total. The lowest BCUT2D eigenvalue weighted by atomic mass is 10.1. The molecule has 0 aliphatic rings. The van der Waals surface area contributed by atoms with E-state index in [0.717, 1.165) is 0 Å². The number of carboxylic acids is 1. The zero-order valence-corrected chi connectivity index (χ0v) is 11.8. The van der Waals surface area contributed by atoms with Gasteiger partial charge >= 0.3 is 12.0 Å². The Morgan fingerprint density at radius 2 is 2.05 bits per heavy atom. The molecular weight excluding hydrogens is 291 g/mol. The molecule has 0 saturated heterocycles. The predicted molar refractivity (Wildman–Crippen MR) is 74.9 cm³/mol. The van der Waals surface area contributed by atoms with Gasteiger partial charge in [-0.15, -0.1) is 0 Å². The van der Waals surface area contributed by atoms with E-state index in [1.54, 1.807) is 19.1 Å². The molecule has 0 bridgehead atoms. The summed E-state index contributed by atoms with van der Waals surface area (Å²) in [5.41, 5.74) is 0.411. The molecule has 1 rings (SSSR count). The minimum absolute atomic E-state index is 0.127.